The summed E-state index contributed by atoms with van der Waals surface area (Å²) in [5.41, 5.74) is 0.196. The maximum absolute atomic E-state index is 11.5. The van der Waals surface area contributed by atoms with Crippen LogP contribution in [0, 0.1) is 10.1 Å². The van der Waals surface area contributed by atoms with E-state index in [9.17, 15) is 18.5 Å². The second kappa shape index (κ2) is 7.89. The highest BCUT2D eigenvalue weighted by Gasteiger charge is 2.28. The summed E-state index contributed by atoms with van der Waals surface area (Å²) in [5, 5.41) is 16.5. The van der Waals surface area contributed by atoms with Crippen LogP contribution in [0.4, 0.5) is 11.4 Å². The minimum Gasteiger partial charge on any atom is -0.375 e. The maximum atomic E-state index is 11.5. The first kappa shape index (κ1) is 19.1. The first-order chi connectivity index (χ1) is 12.3. The Hall–Kier alpha value is -1.71. The Morgan fingerprint density at radius 2 is 1.69 bits per heavy atom. The van der Waals surface area contributed by atoms with Crippen molar-refractivity contribution in [2.24, 2.45) is 5.14 Å². The van der Waals surface area contributed by atoms with Crippen LogP contribution >= 0.6 is 0 Å². The molecule has 3 rings (SSSR count). The summed E-state index contributed by atoms with van der Waals surface area (Å²) in [6, 6.07) is 3.83. The van der Waals surface area contributed by atoms with Crippen LogP contribution in [0.15, 0.2) is 23.1 Å². The zero-order valence-corrected chi connectivity index (χ0v) is 15.5. The lowest BCUT2D eigenvalue weighted by atomic mass is 9.97. The highest BCUT2D eigenvalue weighted by molar-refractivity contribution is 7.89. The smallest absolute Gasteiger partial charge is 0.293 e. The Morgan fingerprint density at radius 1 is 1.08 bits per heavy atom. The van der Waals surface area contributed by atoms with Crippen molar-refractivity contribution in [3.63, 3.8) is 0 Å². The van der Waals surface area contributed by atoms with Crippen molar-refractivity contribution in [1.29, 1.82) is 0 Å². The van der Waals surface area contributed by atoms with Gasteiger partial charge in [0.05, 0.1) is 22.0 Å². The Morgan fingerprint density at radius 3 is 2.27 bits per heavy atom. The van der Waals surface area contributed by atoms with E-state index in [1.54, 1.807) is 0 Å². The van der Waals surface area contributed by atoms with Crippen molar-refractivity contribution in [2.45, 2.75) is 62.0 Å². The largest absolute Gasteiger partial charge is 0.375 e. The molecule has 2 fully saturated rings. The summed E-state index contributed by atoms with van der Waals surface area (Å²) in [5.74, 6) is 0. The number of primary sulfonamides is 1. The average molecular weight is 383 g/mol. The molecular weight excluding hydrogens is 358 g/mol. The molecule has 1 aromatic rings. The highest BCUT2D eigenvalue weighted by Crippen LogP contribution is 2.33. The van der Waals surface area contributed by atoms with E-state index in [4.69, 9.17) is 9.88 Å². The van der Waals surface area contributed by atoms with Crippen LogP contribution in [0.25, 0.3) is 0 Å². The molecule has 0 unspecified atom stereocenters. The molecule has 26 heavy (non-hydrogen) atoms. The SMILES string of the molecule is NS(=O)(=O)c1ccc(N2CCC(OC3CCCCC3)CC2)c([N+](=O)[O-])c1. The molecule has 0 amide bonds. The quantitative estimate of drug-likeness (QED) is 0.617. The summed E-state index contributed by atoms with van der Waals surface area (Å²) in [6.07, 6.45) is 8.16. The molecule has 1 aliphatic heterocycles. The molecule has 0 radical (unpaired) electrons. The second-order valence-electron chi connectivity index (χ2n) is 7.04. The van der Waals surface area contributed by atoms with Crippen LogP contribution in [0.1, 0.15) is 44.9 Å². The third-order valence-electron chi connectivity index (χ3n) is 5.19. The third kappa shape index (κ3) is 4.52. The predicted octanol–water partition coefficient (Wildman–Crippen LogP) is 2.56. The summed E-state index contributed by atoms with van der Waals surface area (Å²) in [7, 11) is -3.97. The fourth-order valence-corrected chi connectivity index (χ4v) is 4.33. The molecular formula is C17H25N3O5S. The van der Waals surface area contributed by atoms with Crippen LogP contribution in [-0.4, -0.2) is 38.6 Å². The van der Waals surface area contributed by atoms with Crippen molar-refractivity contribution in [3.05, 3.63) is 28.3 Å². The summed E-state index contributed by atoms with van der Waals surface area (Å²) in [6.45, 7) is 1.29. The molecule has 0 atom stereocenters. The molecule has 1 saturated heterocycles. The molecule has 144 valence electrons. The normalized spacial score (nSPS) is 20.3. The average Bonchev–Trinajstić information content (AvgIpc) is 2.62. The number of ether oxygens (including phenoxy) is 1. The number of hydrogen-bond donors (Lipinski definition) is 1. The van der Waals surface area contributed by atoms with E-state index in [2.05, 4.69) is 0 Å². The van der Waals surface area contributed by atoms with Gasteiger partial charge in [-0.1, -0.05) is 19.3 Å². The lowest BCUT2D eigenvalue weighted by Crippen LogP contribution is -2.39. The van der Waals surface area contributed by atoms with Crippen LogP contribution < -0.4 is 10.0 Å². The van der Waals surface area contributed by atoms with Gasteiger partial charge in [0.15, 0.2) is 0 Å². The van der Waals surface area contributed by atoms with Gasteiger partial charge in [0, 0.05) is 19.2 Å². The number of benzene rings is 1. The molecule has 0 spiro atoms. The van der Waals surface area contributed by atoms with Crippen molar-refractivity contribution in [1.82, 2.24) is 0 Å². The molecule has 0 bridgehead atoms. The number of hydrogen-bond acceptors (Lipinski definition) is 6. The fraction of sp³-hybridized carbons (Fsp3) is 0.647. The summed E-state index contributed by atoms with van der Waals surface area (Å²) in [4.78, 5) is 12.5. The molecule has 1 aliphatic carbocycles. The second-order valence-corrected chi connectivity index (χ2v) is 8.60. The van der Waals surface area contributed by atoms with Gasteiger partial charge in [0.2, 0.25) is 10.0 Å². The number of nitrogens with zero attached hydrogens (tertiary/aromatic N) is 2. The van der Waals surface area contributed by atoms with Crippen molar-refractivity contribution in [3.8, 4) is 0 Å². The van der Waals surface area contributed by atoms with Crippen LogP contribution in [0.3, 0.4) is 0 Å². The van der Waals surface area contributed by atoms with E-state index in [1.807, 2.05) is 4.90 Å². The van der Waals surface area contributed by atoms with Gasteiger partial charge < -0.3 is 9.64 Å². The topological polar surface area (TPSA) is 116 Å². The fourth-order valence-electron chi connectivity index (χ4n) is 3.80. The lowest BCUT2D eigenvalue weighted by Gasteiger charge is -2.35. The van der Waals surface area contributed by atoms with E-state index in [0.717, 1.165) is 31.7 Å². The number of sulfonamides is 1. The molecule has 1 aromatic carbocycles. The monoisotopic (exact) mass is 383 g/mol. The highest BCUT2D eigenvalue weighted by atomic mass is 32.2. The van der Waals surface area contributed by atoms with Gasteiger partial charge in [-0.25, -0.2) is 13.6 Å². The number of nitrogens with two attached hydrogens (primary N) is 1. The number of nitro groups is 1. The zero-order valence-electron chi connectivity index (χ0n) is 14.7. The Kier molecular flexibility index (Phi) is 5.79. The van der Waals surface area contributed by atoms with Gasteiger partial charge in [0.1, 0.15) is 5.69 Å². The van der Waals surface area contributed by atoms with Crippen LogP contribution in [-0.2, 0) is 14.8 Å². The first-order valence-electron chi connectivity index (χ1n) is 9.06. The lowest BCUT2D eigenvalue weighted by molar-refractivity contribution is -0.384. The van der Waals surface area contributed by atoms with Gasteiger partial charge in [0.25, 0.3) is 5.69 Å². The van der Waals surface area contributed by atoms with E-state index < -0.39 is 14.9 Å². The van der Waals surface area contributed by atoms with E-state index in [1.165, 1.54) is 31.4 Å². The minimum atomic E-state index is -3.97. The number of nitro benzene ring substituents is 1. The molecule has 1 saturated carbocycles. The van der Waals surface area contributed by atoms with Gasteiger partial charge in [-0.05, 0) is 37.8 Å². The van der Waals surface area contributed by atoms with E-state index >= 15 is 0 Å². The molecule has 2 N–H and O–H groups in total. The number of anilines is 1. The summed E-state index contributed by atoms with van der Waals surface area (Å²) < 4.78 is 29.1. The number of rotatable bonds is 5. The summed E-state index contributed by atoms with van der Waals surface area (Å²) >= 11 is 0. The Labute approximate surface area is 153 Å². The minimum absolute atomic E-state index is 0.192. The van der Waals surface area contributed by atoms with Crippen molar-refractivity contribution >= 4 is 21.4 Å². The number of piperidine rings is 1. The van der Waals surface area contributed by atoms with Gasteiger partial charge >= 0.3 is 0 Å². The Balaban J connectivity index is 1.67. The molecule has 0 aromatic heterocycles. The molecule has 2 aliphatic rings. The van der Waals surface area contributed by atoms with Gasteiger partial charge in [-0.2, -0.15) is 0 Å². The van der Waals surface area contributed by atoms with Gasteiger partial charge in [-0.15, -0.1) is 0 Å². The van der Waals surface area contributed by atoms with E-state index in [-0.39, 0.29) is 16.7 Å². The Bertz CT molecular complexity index is 754. The van der Waals surface area contributed by atoms with E-state index in [0.29, 0.717) is 24.9 Å². The van der Waals surface area contributed by atoms with Crippen molar-refractivity contribution in [2.75, 3.05) is 18.0 Å². The predicted molar refractivity (Wildman–Crippen MR) is 97.7 cm³/mol. The van der Waals surface area contributed by atoms with Crippen LogP contribution in [0.2, 0.25) is 0 Å². The first-order valence-corrected chi connectivity index (χ1v) is 10.6. The standard InChI is InChI=1S/C17H25N3O5S/c18-26(23,24)15-6-7-16(17(12-15)20(21)22)19-10-8-14(9-11-19)25-13-4-2-1-3-5-13/h6-7,12-14H,1-5,8-11H2,(H2,18,23,24). The van der Waals surface area contributed by atoms with Gasteiger partial charge in [-0.3, -0.25) is 10.1 Å². The van der Waals surface area contributed by atoms with Crippen LogP contribution in [0.5, 0.6) is 0 Å². The maximum Gasteiger partial charge on any atom is 0.293 e. The third-order valence-corrected chi connectivity index (χ3v) is 6.10. The molecule has 9 heteroatoms. The molecule has 8 nitrogen and oxygen atoms in total. The molecule has 1 heterocycles. The zero-order chi connectivity index (χ0) is 18.7. The van der Waals surface area contributed by atoms with Crippen molar-refractivity contribution < 1.29 is 18.1 Å².